The zero-order chi connectivity index (χ0) is 11.3. The molecule has 1 aromatic heterocycles. The minimum Gasteiger partial charge on any atom is -0.408 e. The Balaban J connectivity index is 2.72. The fourth-order valence-corrected chi connectivity index (χ4v) is 1.52. The Morgan fingerprint density at radius 3 is 2.67 bits per heavy atom. The van der Waals surface area contributed by atoms with E-state index in [2.05, 4.69) is 35.9 Å². The molecule has 1 rings (SSSR count). The third kappa shape index (κ3) is 3.38. The fourth-order valence-electron chi connectivity index (χ4n) is 1.36. The van der Waals surface area contributed by atoms with E-state index in [0.29, 0.717) is 30.2 Å². The number of aryl methyl sites for hydroxylation is 1. The third-order valence-electron chi connectivity index (χ3n) is 2.10. The van der Waals surface area contributed by atoms with Gasteiger partial charge in [0, 0.05) is 24.9 Å². The summed E-state index contributed by atoms with van der Waals surface area (Å²) < 4.78 is 5.52. The Labute approximate surface area is 95.6 Å². The first-order chi connectivity index (χ1) is 7.19. The van der Waals surface area contributed by atoms with E-state index in [4.69, 9.17) is 16.0 Å². The maximum Gasteiger partial charge on any atom is 0.318 e. The Bertz CT molecular complexity index is 288. The molecule has 1 heterocycles. The summed E-state index contributed by atoms with van der Waals surface area (Å²) in [4.78, 5) is 2.10. The van der Waals surface area contributed by atoms with Crippen LogP contribution in [0.25, 0.3) is 0 Å². The lowest BCUT2D eigenvalue weighted by molar-refractivity contribution is 0.474. The summed E-state index contributed by atoms with van der Waals surface area (Å²) in [5, 5.41) is 7.97. The van der Waals surface area contributed by atoms with Crippen molar-refractivity contribution in [1.29, 1.82) is 0 Å². The zero-order valence-corrected chi connectivity index (χ0v) is 10.3. The first kappa shape index (κ1) is 12.3. The maximum absolute atomic E-state index is 5.61. The van der Waals surface area contributed by atoms with Crippen molar-refractivity contribution < 1.29 is 4.42 Å². The third-order valence-corrected chi connectivity index (χ3v) is 2.29. The lowest BCUT2D eigenvalue weighted by atomic mass is 10.3. The van der Waals surface area contributed by atoms with Crippen molar-refractivity contribution in [2.24, 2.45) is 0 Å². The van der Waals surface area contributed by atoms with Crippen molar-refractivity contribution in [3.63, 3.8) is 0 Å². The molecule has 4 nitrogen and oxygen atoms in total. The summed E-state index contributed by atoms with van der Waals surface area (Å²) in [5.74, 6) is 1.12. The standard InChI is InChI=1S/C10H18ClN3O/c1-4-7-14(8(2)3)10-13-12-9(15-10)5-6-11/h8H,4-7H2,1-3H3. The van der Waals surface area contributed by atoms with Gasteiger partial charge in [0.05, 0.1) is 0 Å². The predicted molar refractivity (Wildman–Crippen MR) is 61.5 cm³/mol. The van der Waals surface area contributed by atoms with Gasteiger partial charge in [0.1, 0.15) is 0 Å². The van der Waals surface area contributed by atoms with Gasteiger partial charge < -0.3 is 9.32 Å². The van der Waals surface area contributed by atoms with Crippen LogP contribution in [0.3, 0.4) is 0 Å². The molecule has 0 radical (unpaired) electrons. The van der Waals surface area contributed by atoms with E-state index >= 15 is 0 Å². The number of hydrogen-bond donors (Lipinski definition) is 0. The largest absolute Gasteiger partial charge is 0.408 e. The summed E-state index contributed by atoms with van der Waals surface area (Å²) in [6.07, 6.45) is 1.69. The van der Waals surface area contributed by atoms with Crippen molar-refractivity contribution >= 4 is 17.6 Å². The zero-order valence-electron chi connectivity index (χ0n) is 9.53. The molecule has 5 heteroatoms. The Hall–Kier alpha value is -0.770. The van der Waals surface area contributed by atoms with E-state index in [1.807, 2.05) is 0 Å². The first-order valence-electron chi connectivity index (χ1n) is 5.34. The van der Waals surface area contributed by atoms with Crippen molar-refractivity contribution in [1.82, 2.24) is 10.2 Å². The second-order valence-corrected chi connectivity index (χ2v) is 4.08. The van der Waals surface area contributed by atoms with Gasteiger partial charge in [0.15, 0.2) is 0 Å². The molecular weight excluding hydrogens is 214 g/mol. The van der Waals surface area contributed by atoms with E-state index in [1.54, 1.807) is 0 Å². The van der Waals surface area contributed by atoms with Crippen LogP contribution >= 0.6 is 11.6 Å². The minimum atomic E-state index is 0.370. The summed E-state index contributed by atoms with van der Waals surface area (Å²) in [7, 11) is 0. The molecule has 0 saturated carbocycles. The molecule has 0 unspecified atom stereocenters. The molecular formula is C10H18ClN3O. The van der Waals surface area contributed by atoms with Crippen molar-refractivity contribution in [2.45, 2.75) is 39.7 Å². The van der Waals surface area contributed by atoms with Crippen LogP contribution in [0.15, 0.2) is 4.42 Å². The predicted octanol–water partition coefficient (Wildman–Crippen LogP) is 2.48. The molecule has 0 N–H and O–H groups in total. The van der Waals surface area contributed by atoms with Gasteiger partial charge in [-0.05, 0) is 20.3 Å². The van der Waals surface area contributed by atoms with Crippen LogP contribution in [0.1, 0.15) is 33.1 Å². The smallest absolute Gasteiger partial charge is 0.318 e. The van der Waals surface area contributed by atoms with Crippen LogP contribution in [-0.4, -0.2) is 28.7 Å². The summed E-state index contributed by atoms with van der Waals surface area (Å²) in [6, 6.07) is 0.973. The van der Waals surface area contributed by atoms with Crippen LogP contribution < -0.4 is 4.90 Å². The first-order valence-corrected chi connectivity index (χ1v) is 5.87. The van der Waals surface area contributed by atoms with Gasteiger partial charge in [0.25, 0.3) is 0 Å². The van der Waals surface area contributed by atoms with Crippen molar-refractivity contribution in [3.8, 4) is 0 Å². The van der Waals surface area contributed by atoms with Gasteiger partial charge in [-0.15, -0.1) is 16.7 Å². The number of rotatable bonds is 6. The van der Waals surface area contributed by atoms with Crippen LogP contribution in [0.4, 0.5) is 6.01 Å². The molecule has 0 fully saturated rings. The molecule has 15 heavy (non-hydrogen) atoms. The van der Waals surface area contributed by atoms with Gasteiger partial charge >= 0.3 is 6.01 Å². The van der Waals surface area contributed by atoms with Crippen LogP contribution in [0, 0.1) is 0 Å². The number of anilines is 1. The Morgan fingerprint density at radius 1 is 1.40 bits per heavy atom. The van der Waals surface area contributed by atoms with Crippen LogP contribution in [0.2, 0.25) is 0 Å². The quantitative estimate of drug-likeness (QED) is 0.706. The monoisotopic (exact) mass is 231 g/mol. The number of halogens is 1. The Morgan fingerprint density at radius 2 is 2.13 bits per heavy atom. The molecule has 1 aromatic rings. The normalized spacial score (nSPS) is 11.0. The van der Waals surface area contributed by atoms with Crippen molar-refractivity contribution in [3.05, 3.63) is 5.89 Å². The van der Waals surface area contributed by atoms with E-state index < -0.39 is 0 Å². The summed E-state index contributed by atoms with van der Waals surface area (Å²) in [6.45, 7) is 7.29. The molecule has 86 valence electrons. The highest BCUT2D eigenvalue weighted by molar-refractivity contribution is 6.17. The van der Waals surface area contributed by atoms with Crippen molar-refractivity contribution in [2.75, 3.05) is 17.3 Å². The minimum absolute atomic E-state index is 0.370. The van der Waals surface area contributed by atoms with Gasteiger partial charge in [-0.3, -0.25) is 0 Å². The Kier molecular flexibility index (Phi) is 4.88. The van der Waals surface area contributed by atoms with E-state index in [0.717, 1.165) is 13.0 Å². The molecule has 0 aliphatic rings. The van der Waals surface area contributed by atoms with Crippen LogP contribution in [-0.2, 0) is 6.42 Å². The van der Waals surface area contributed by atoms with E-state index in [-0.39, 0.29) is 0 Å². The number of nitrogens with zero attached hydrogens (tertiary/aromatic N) is 3. The van der Waals surface area contributed by atoms with Gasteiger partial charge in [0.2, 0.25) is 5.89 Å². The van der Waals surface area contributed by atoms with Gasteiger partial charge in [-0.1, -0.05) is 12.0 Å². The maximum atomic E-state index is 5.61. The SMILES string of the molecule is CCCN(c1nnc(CCCl)o1)C(C)C. The lowest BCUT2D eigenvalue weighted by Crippen LogP contribution is -2.31. The summed E-state index contributed by atoms with van der Waals surface area (Å²) >= 11 is 5.61. The average Bonchev–Trinajstić information content (AvgIpc) is 2.62. The number of aromatic nitrogens is 2. The van der Waals surface area contributed by atoms with E-state index in [1.165, 1.54) is 0 Å². The second kappa shape index (κ2) is 5.95. The van der Waals surface area contributed by atoms with Gasteiger partial charge in [-0.25, -0.2) is 0 Å². The lowest BCUT2D eigenvalue weighted by Gasteiger charge is -2.23. The highest BCUT2D eigenvalue weighted by atomic mass is 35.5. The highest BCUT2D eigenvalue weighted by Gasteiger charge is 2.16. The molecule has 0 atom stereocenters. The molecule has 0 aliphatic carbocycles. The van der Waals surface area contributed by atoms with Gasteiger partial charge in [-0.2, -0.15) is 0 Å². The molecule has 0 saturated heterocycles. The number of hydrogen-bond acceptors (Lipinski definition) is 4. The highest BCUT2D eigenvalue weighted by Crippen LogP contribution is 2.16. The molecule has 0 aliphatic heterocycles. The molecule has 0 bridgehead atoms. The summed E-state index contributed by atoms with van der Waals surface area (Å²) in [5.41, 5.74) is 0. The van der Waals surface area contributed by atoms with Crippen LogP contribution in [0.5, 0.6) is 0 Å². The molecule has 0 aromatic carbocycles. The average molecular weight is 232 g/mol. The second-order valence-electron chi connectivity index (χ2n) is 3.70. The number of alkyl halides is 1. The molecule has 0 spiro atoms. The van der Waals surface area contributed by atoms with E-state index in [9.17, 15) is 0 Å². The fraction of sp³-hybridized carbons (Fsp3) is 0.800. The molecule has 0 amide bonds. The topological polar surface area (TPSA) is 42.2 Å².